The summed E-state index contributed by atoms with van der Waals surface area (Å²) in [5.41, 5.74) is 11.9. The van der Waals surface area contributed by atoms with Gasteiger partial charge in [-0.05, 0) is 89.1 Å². The first-order valence-electron chi connectivity index (χ1n) is 18.6. The van der Waals surface area contributed by atoms with E-state index >= 15 is 0 Å². The first kappa shape index (κ1) is 31.1. The predicted octanol–water partition coefficient (Wildman–Crippen LogP) is 9.58. The van der Waals surface area contributed by atoms with Gasteiger partial charge in [0.25, 0.3) is 13.4 Å². The van der Waals surface area contributed by atoms with Crippen LogP contribution in [0.1, 0.15) is 0 Å². The van der Waals surface area contributed by atoms with Crippen molar-refractivity contribution in [1.82, 2.24) is 0 Å². The summed E-state index contributed by atoms with van der Waals surface area (Å²) in [6, 6.07) is 61.1. The number of nitrogens with zero attached hydrogens (tertiary/aromatic N) is 1. The van der Waals surface area contributed by atoms with Gasteiger partial charge in [-0.2, -0.15) is 0 Å². The zero-order valence-electron chi connectivity index (χ0n) is 29.5. The lowest BCUT2D eigenvalue weighted by Crippen LogP contribution is -2.73. The highest BCUT2D eigenvalue weighted by atomic mass is 32.1. The van der Waals surface area contributed by atoms with E-state index in [-0.39, 0.29) is 13.4 Å². The Balaban J connectivity index is 1.11. The van der Waals surface area contributed by atoms with Crippen LogP contribution >= 0.6 is 22.7 Å². The molecule has 7 heteroatoms. The van der Waals surface area contributed by atoms with Crippen LogP contribution in [0.4, 0.5) is 17.1 Å². The quantitative estimate of drug-likeness (QED) is 0.165. The molecule has 0 aliphatic carbocycles. The van der Waals surface area contributed by atoms with Crippen molar-refractivity contribution in [2.75, 3.05) is 4.90 Å². The van der Waals surface area contributed by atoms with Gasteiger partial charge >= 0.3 is 0 Å². The Morgan fingerprint density at radius 2 is 1.04 bits per heavy atom. The number of hydrogen-bond donors (Lipinski definition) is 0. The summed E-state index contributed by atoms with van der Waals surface area (Å²) in [5.74, 6) is 0. The van der Waals surface area contributed by atoms with Crippen molar-refractivity contribution < 1.29 is 8.83 Å². The number of rotatable bonds is 5. The van der Waals surface area contributed by atoms with Crippen LogP contribution in [0, 0.1) is 0 Å². The van der Waals surface area contributed by atoms with E-state index in [2.05, 4.69) is 180 Å². The maximum atomic E-state index is 7.17. The molecule has 0 radical (unpaired) electrons. The van der Waals surface area contributed by atoms with Gasteiger partial charge in [0.05, 0.1) is 11.3 Å². The van der Waals surface area contributed by atoms with Gasteiger partial charge in [-0.25, -0.2) is 0 Å². The second kappa shape index (κ2) is 12.1. The fourth-order valence-electron chi connectivity index (χ4n) is 9.02. The number of fused-ring (bicyclic) bond motifs is 11. The van der Waals surface area contributed by atoms with Crippen molar-refractivity contribution in [3.05, 3.63) is 175 Å². The minimum absolute atomic E-state index is 0.147. The summed E-state index contributed by atoms with van der Waals surface area (Å²) in [6.07, 6.45) is 0. The Kier molecular flexibility index (Phi) is 6.86. The first-order chi connectivity index (χ1) is 27.3. The third kappa shape index (κ3) is 4.70. The first-order valence-corrected chi connectivity index (χ1v) is 20.3. The van der Waals surface area contributed by atoms with Gasteiger partial charge < -0.3 is 13.7 Å². The molecule has 12 rings (SSSR count). The summed E-state index contributed by atoms with van der Waals surface area (Å²) in [4.78, 5) is 2.31. The van der Waals surface area contributed by atoms with E-state index < -0.39 is 0 Å². The second-order valence-corrected chi connectivity index (χ2v) is 16.4. The van der Waals surface area contributed by atoms with E-state index in [0.29, 0.717) is 0 Å². The molecule has 55 heavy (non-hydrogen) atoms. The highest BCUT2D eigenvalue weighted by Crippen LogP contribution is 2.36. The van der Waals surface area contributed by atoms with Crippen LogP contribution in [-0.4, -0.2) is 13.4 Å². The van der Waals surface area contributed by atoms with Crippen LogP contribution in [-0.2, 0) is 0 Å². The number of para-hydroxylation sites is 3. The fourth-order valence-corrected chi connectivity index (χ4v) is 11.0. The van der Waals surface area contributed by atoms with Crippen LogP contribution in [0.25, 0.3) is 52.2 Å². The van der Waals surface area contributed by atoms with Crippen LogP contribution in [0.3, 0.4) is 0 Å². The fraction of sp³-hybridized carbons (Fsp3) is 0. The van der Waals surface area contributed by atoms with E-state index in [9.17, 15) is 0 Å². The summed E-state index contributed by atoms with van der Waals surface area (Å²) in [5, 5.41) is 8.32. The third-order valence-electron chi connectivity index (χ3n) is 11.4. The maximum absolute atomic E-state index is 7.17. The van der Waals surface area contributed by atoms with Crippen LogP contribution in [0.5, 0.6) is 0 Å². The topological polar surface area (TPSA) is 29.5 Å². The van der Waals surface area contributed by atoms with Crippen molar-refractivity contribution in [2.45, 2.75) is 0 Å². The molecule has 0 saturated heterocycles. The Bertz CT molecular complexity index is 3200. The minimum atomic E-state index is -0.176. The molecule has 0 atom stereocenters. The summed E-state index contributed by atoms with van der Waals surface area (Å²) in [6.45, 7) is -0.323. The molecule has 0 unspecified atom stereocenters. The number of thiophene rings is 2. The molecule has 1 aliphatic heterocycles. The molecule has 11 aromatic rings. The van der Waals surface area contributed by atoms with Gasteiger partial charge in [-0.3, -0.25) is 0 Å². The lowest BCUT2D eigenvalue weighted by atomic mass is 9.24. The van der Waals surface area contributed by atoms with Gasteiger partial charge in [0, 0.05) is 58.1 Å². The van der Waals surface area contributed by atoms with Gasteiger partial charge in [0.1, 0.15) is 11.2 Å². The Morgan fingerprint density at radius 3 is 1.84 bits per heavy atom. The van der Waals surface area contributed by atoms with Gasteiger partial charge in [-0.1, -0.05) is 108 Å². The van der Waals surface area contributed by atoms with Crippen molar-refractivity contribution in [1.29, 1.82) is 0 Å². The molecule has 0 N–H and O–H groups in total. The average molecular weight is 738 g/mol. The predicted molar refractivity (Wildman–Crippen MR) is 238 cm³/mol. The monoisotopic (exact) mass is 737 g/mol. The zero-order valence-corrected chi connectivity index (χ0v) is 31.1. The molecule has 7 aromatic carbocycles. The van der Waals surface area contributed by atoms with E-state index in [4.69, 9.17) is 8.83 Å². The van der Waals surface area contributed by atoms with Crippen LogP contribution < -0.4 is 38.1 Å². The molecule has 0 amide bonds. The molecule has 0 spiro atoms. The summed E-state index contributed by atoms with van der Waals surface area (Å²) in [7, 11) is 0. The SMILES string of the molecule is c1ccc(N(c2ccccc2)c2ccc(B3c4oc5ccccc5c4B(c4ccc5c(c4)sc4ccccc45)c4oc5ccc6sccc6c5c43)cc2)cc1. The van der Waals surface area contributed by atoms with E-state index in [1.165, 1.54) is 57.5 Å². The van der Waals surface area contributed by atoms with E-state index in [1.54, 1.807) is 11.3 Å². The minimum Gasteiger partial charge on any atom is -0.471 e. The molecular weight excluding hydrogens is 708 g/mol. The van der Waals surface area contributed by atoms with Gasteiger partial charge in [-0.15, -0.1) is 22.7 Å². The molecule has 4 aromatic heterocycles. The molecule has 1 aliphatic rings. The summed E-state index contributed by atoms with van der Waals surface area (Å²) >= 11 is 3.63. The highest BCUT2D eigenvalue weighted by molar-refractivity contribution is 7.26. The van der Waals surface area contributed by atoms with Crippen molar-refractivity contribution in [3.8, 4) is 0 Å². The van der Waals surface area contributed by atoms with Crippen LogP contribution in [0.15, 0.2) is 184 Å². The normalized spacial score (nSPS) is 12.7. The van der Waals surface area contributed by atoms with Gasteiger partial charge in [0.2, 0.25) is 0 Å². The van der Waals surface area contributed by atoms with E-state index in [0.717, 1.165) is 44.9 Å². The molecule has 0 fully saturated rings. The number of hydrogen-bond acceptors (Lipinski definition) is 5. The number of furan rings is 2. The van der Waals surface area contributed by atoms with Crippen LogP contribution in [0.2, 0.25) is 0 Å². The highest BCUT2D eigenvalue weighted by Gasteiger charge is 2.47. The van der Waals surface area contributed by atoms with Crippen molar-refractivity contribution in [2.24, 2.45) is 0 Å². The Morgan fingerprint density at radius 1 is 0.418 bits per heavy atom. The third-order valence-corrected chi connectivity index (χ3v) is 13.4. The molecule has 5 heterocycles. The number of anilines is 3. The molecule has 0 saturated carbocycles. The summed E-state index contributed by atoms with van der Waals surface area (Å²) < 4.78 is 18.1. The standard InChI is InChI=1S/C48H29B2NO2S2/c1-3-11-32(12-4-1)51(33-13-5-2-6-14-33)34-22-19-30(20-23-34)49-46-44-38-27-28-54-41(38)26-25-40(44)53-48(46)50(45-37-16-7-9-17-39(37)52-47(45)49)31-21-24-36-35-15-8-10-18-42(35)55-43(36)29-31/h1-29H. The molecule has 3 nitrogen and oxygen atoms in total. The van der Waals surface area contributed by atoms with Gasteiger partial charge in [0.15, 0.2) is 0 Å². The largest absolute Gasteiger partial charge is 0.471 e. The Hall–Kier alpha value is -6.27. The second-order valence-electron chi connectivity index (χ2n) is 14.3. The van der Waals surface area contributed by atoms with Crippen molar-refractivity contribution >= 4 is 139 Å². The average Bonchev–Trinajstić information content (AvgIpc) is 4.04. The maximum Gasteiger partial charge on any atom is 0.290 e. The van der Waals surface area contributed by atoms with Crippen molar-refractivity contribution in [3.63, 3.8) is 0 Å². The zero-order chi connectivity index (χ0) is 36.0. The lowest BCUT2D eigenvalue weighted by molar-refractivity contribution is 0.647. The smallest absolute Gasteiger partial charge is 0.290 e. The van der Waals surface area contributed by atoms with E-state index in [1.807, 2.05) is 11.3 Å². The Labute approximate surface area is 325 Å². The molecular formula is C48H29B2NO2S2. The molecule has 256 valence electrons. The number of benzene rings is 7. The molecule has 0 bridgehead atoms. The lowest BCUT2D eigenvalue weighted by Gasteiger charge is -2.27.